The van der Waals surface area contributed by atoms with E-state index in [9.17, 15) is 15.0 Å². The van der Waals surface area contributed by atoms with Crippen molar-refractivity contribution >= 4 is 17.5 Å². The topological polar surface area (TPSA) is 82.5 Å². The standard InChI is InChI=1S/C30H33ClN2O5/c31-19-4-6-20(7-5-19)37-23-10-13-33(28(23)35)21-9-11-30(36)24-15-18-3-8-22(34)26-25(18)29(30,27(21)38-26)12-14-32(24)16-17-1-2-17/h3-8,17,21,23-24,27,34,36H,1-2,9-16H2/t21?,23?,24-,27?,29+,30-/m1/s1. The molecule has 2 N–H and O–H groups in total. The second-order valence-corrected chi connectivity index (χ2v) is 12.7. The van der Waals surface area contributed by atoms with E-state index in [0.717, 1.165) is 37.4 Å². The van der Waals surface area contributed by atoms with Gasteiger partial charge in [-0.05, 0) is 86.9 Å². The number of halogens is 1. The molecule has 3 aliphatic heterocycles. The molecule has 8 rings (SSSR count). The fourth-order valence-electron chi connectivity index (χ4n) is 8.57. The molecule has 3 unspecified atom stereocenters. The van der Waals surface area contributed by atoms with Gasteiger partial charge in [-0.3, -0.25) is 9.69 Å². The molecule has 2 aromatic rings. The molecule has 6 aliphatic rings. The average Bonchev–Trinajstić information content (AvgIpc) is 3.55. The molecule has 0 aromatic heterocycles. The fraction of sp³-hybridized carbons (Fsp3) is 0.567. The lowest BCUT2D eigenvalue weighted by molar-refractivity contribution is -0.201. The number of aromatic hydroxyl groups is 1. The van der Waals surface area contributed by atoms with Gasteiger partial charge < -0.3 is 24.6 Å². The Morgan fingerprint density at radius 2 is 1.87 bits per heavy atom. The summed E-state index contributed by atoms with van der Waals surface area (Å²) in [6.45, 7) is 2.54. The minimum absolute atomic E-state index is 0.0298. The summed E-state index contributed by atoms with van der Waals surface area (Å²) in [5.74, 6) is 1.99. The number of nitrogens with zero attached hydrogens (tertiary/aromatic N) is 2. The Balaban J connectivity index is 1.14. The van der Waals surface area contributed by atoms with Gasteiger partial charge in [0.05, 0.1) is 17.1 Å². The van der Waals surface area contributed by atoms with Crippen molar-refractivity contribution in [2.75, 3.05) is 19.6 Å². The molecule has 1 spiro atoms. The van der Waals surface area contributed by atoms with Crippen LogP contribution in [0.4, 0.5) is 0 Å². The lowest BCUT2D eigenvalue weighted by atomic mass is 9.48. The van der Waals surface area contributed by atoms with Crippen LogP contribution in [0.1, 0.15) is 49.7 Å². The van der Waals surface area contributed by atoms with E-state index in [4.69, 9.17) is 21.1 Å². The number of hydrogen-bond acceptors (Lipinski definition) is 6. The summed E-state index contributed by atoms with van der Waals surface area (Å²) in [6, 6.07) is 10.7. The van der Waals surface area contributed by atoms with Crippen LogP contribution < -0.4 is 9.47 Å². The molecule has 2 aromatic carbocycles. The summed E-state index contributed by atoms with van der Waals surface area (Å²) in [4.78, 5) is 18.2. The zero-order valence-corrected chi connectivity index (χ0v) is 22.1. The van der Waals surface area contributed by atoms with Crippen molar-refractivity contribution in [1.82, 2.24) is 9.80 Å². The van der Waals surface area contributed by atoms with E-state index >= 15 is 0 Å². The molecule has 1 amide bonds. The molecular weight excluding hydrogens is 504 g/mol. The van der Waals surface area contributed by atoms with E-state index in [1.165, 1.54) is 18.4 Å². The number of phenols is 1. The second kappa shape index (κ2) is 8.03. The maximum atomic E-state index is 13.7. The third-order valence-corrected chi connectivity index (χ3v) is 10.7. The molecule has 3 aliphatic carbocycles. The highest BCUT2D eigenvalue weighted by Gasteiger charge is 2.73. The molecule has 2 saturated carbocycles. The second-order valence-electron chi connectivity index (χ2n) is 12.3. The van der Waals surface area contributed by atoms with Crippen molar-refractivity contribution in [3.8, 4) is 17.2 Å². The van der Waals surface area contributed by atoms with E-state index in [0.29, 0.717) is 42.3 Å². The van der Waals surface area contributed by atoms with Crippen LogP contribution in [-0.2, 0) is 16.6 Å². The zero-order valence-electron chi connectivity index (χ0n) is 21.3. The number of piperidine rings is 1. The van der Waals surface area contributed by atoms with Gasteiger partial charge in [-0.1, -0.05) is 17.7 Å². The number of benzene rings is 2. The quantitative estimate of drug-likeness (QED) is 0.607. The third kappa shape index (κ3) is 3.07. The average molecular weight is 537 g/mol. The number of ether oxygens (including phenoxy) is 2. The monoisotopic (exact) mass is 536 g/mol. The fourth-order valence-corrected chi connectivity index (χ4v) is 8.69. The first kappa shape index (κ1) is 23.4. The predicted molar refractivity (Wildman–Crippen MR) is 141 cm³/mol. The van der Waals surface area contributed by atoms with Gasteiger partial charge in [-0.25, -0.2) is 0 Å². The van der Waals surface area contributed by atoms with Crippen molar-refractivity contribution in [3.63, 3.8) is 0 Å². The van der Waals surface area contributed by atoms with Crippen molar-refractivity contribution in [2.24, 2.45) is 5.92 Å². The van der Waals surface area contributed by atoms with Crippen LogP contribution in [0.3, 0.4) is 0 Å². The summed E-state index contributed by atoms with van der Waals surface area (Å²) in [6.07, 6.45) is 5.04. The Hall–Kier alpha value is -2.48. The molecule has 2 bridgehead atoms. The number of phenolic OH excluding ortho intramolecular Hbond substituents is 1. The Morgan fingerprint density at radius 3 is 2.66 bits per heavy atom. The summed E-state index contributed by atoms with van der Waals surface area (Å²) < 4.78 is 12.7. The number of likely N-dealkylation sites (tertiary alicyclic amines) is 2. The maximum absolute atomic E-state index is 13.7. The molecule has 4 fully saturated rings. The molecule has 0 radical (unpaired) electrons. The van der Waals surface area contributed by atoms with E-state index in [2.05, 4.69) is 4.90 Å². The number of carbonyl (C=O) groups is 1. The molecular formula is C30H33ClN2O5. The predicted octanol–water partition coefficient (Wildman–Crippen LogP) is 3.66. The molecule has 2 saturated heterocycles. The van der Waals surface area contributed by atoms with Crippen molar-refractivity contribution in [3.05, 3.63) is 52.5 Å². The van der Waals surface area contributed by atoms with Gasteiger partial charge in [-0.15, -0.1) is 0 Å². The third-order valence-electron chi connectivity index (χ3n) is 10.4. The highest BCUT2D eigenvalue weighted by Crippen LogP contribution is 2.66. The van der Waals surface area contributed by atoms with Gasteiger partial charge in [0.1, 0.15) is 11.9 Å². The number of amides is 1. The summed E-state index contributed by atoms with van der Waals surface area (Å²) >= 11 is 6.01. The van der Waals surface area contributed by atoms with Crippen LogP contribution >= 0.6 is 11.6 Å². The van der Waals surface area contributed by atoms with E-state index < -0.39 is 23.2 Å². The van der Waals surface area contributed by atoms with Crippen LogP contribution in [0.5, 0.6) is 17.2 Å². The van der Waals surface area contributed by atoms with Crippen LogP contribution in [0.25, 0.3) is 0 Å². The molecule has 38 heavy (non-hydrogen) atoms. The van der Waals surface area contributed by atoms with Gasteiger partial charge in [-0.2, -0.15) is 0 Å². The van der Waals surface area contributed by atoms with Crippen molar-refractivity contribution in [2.45, 2.75) is 80.3 Å². The Bertz CT molecular complexity index is 1310. The minimum atomic E-state index is -0.949. The Labute approximate surface area is 227 Å². The smallest absolute Gasteiger partial charge is 0.264 e. The Kier molecular flexibility index (Phi) is 4.94. The van der Waals surface area contributed by atoms with Gasteiger partial charge in [0, 0.05) is 36.1 Å². The molecule has 3 heterocycles. The van der Waals surface area contributed by atoms with Gasteiger partial charge in [0.25, 0.3) is 5.91 Å². The largest absolute Gasteiger partial charge is 0.504 e. The van der Waals surface area contributed by atoms with Crippen LogP contribution in [0.2, 0.25) is 5.02 Å². The lowest BCUT2D eigenvalue weighted by Gasteiger charge is -2.64. The van der Waals surface area contributed by atoms with Crippen LogP contribution in [0.15, 0.2) is 36.4 Å². The molecule has 7 nitrogen and oxygen atoms in total. The number of aliphatic hydroxyl groups is 1. The van der Waals surface area contributed by atoms with Gasteiger partial charge >= 0.3 is 0 Å². The lowest BCUT2D eigenvalue weighted by Crippen LogP contribution is -2.78. The number of rotatable bonds is 5. The highest BCUT2D eigenvalue weighted by molar-refractivity contribution is 6.30. The van der Waals surface area contributed by atoms with E-state index in [1.807, 2.05) is 11.0 Å². The van der Waals surface area contributed by atoms with Crippen LogP contribution in [-0.4, -0.2) is 75.4 Å². The summed E-state index contributed by atoms with van der Waals surface area (Å²) in [7, 11) is 0. The van der Waals surface area contributed by atoms with Crippen molar-refractivity contribution in [1.29, 1.82) is 0 Å². The Morgan fingerprint density at radius 1 is 1.05 bits per heavy atom. The van der Waals surface area contributed by atoms with E-state index in [1.54, 1.807) is 30.3 Å². The van der Waals surface area contributed by atoms with E-state index in [-0.39, 0.29) is 23.7 Å². The number of carbonyl (C=O) groups excluding carboxylic acids is 1. The first-order chi connectivity index (χ1) is 18.4. The maximum Gasteiger partial charge on any atom is 0.264 e. The number of hydrogen-bond donors (Lipinski definition) is 2. The van der Waals surface area contributed by atoms with Crippen LogP contribution in [0, 0.1) is 5.92 Å². The van der Waals surface area contributed by atoms with Crippen molar-refractivity contribution < 1.29 is 24.5 Å². The summed E-state index contributed by atoms with van der Waals surface area (Å²) in [5.41, 5.74) is 0.595. The minimum Gasteiger partial charge on any atom is -0.504 e. The van der Waals surface area contributed by atoms with Gasteiger partial charge in [0.2, 0.25) is 0 Å². The summed E-state index contributed by atoms with van der Waals surface area (Å²) in [5, 5.41) is 24.2. The first-order valence-corrected chi connectivity index (χ1v) is 14.5. The zero-order chi connectivity index (χ0) is 25.8. The molecule has 8 heteroatoms. The normalized spacial score (nSPS) is 37.2. The molecule has 6 atom stereocenters. The highest BCUT2D eigenvalue weighted by atomic mass is 35.5. The SMILES string of the molecule is O=C1C(Oc2ccc(Cl)cc2)CCN1C1CC[C@@]2(O)[C@H]3Cc4ccc(O)c5c4[C@@]2(CCN3CC2CC2)C1O5. The van der Waals surface area contributed by atoms with Gasteiger partial charge in [0.15, 0.2) is 17.6 Å². The molecule has 200 valence electrons. The first-order valence-electron chi connectivity index (χ1n) is 14.1.